The van der Waals surface area contributed by atoms with Crippen molar-refractivity contribution >= 4 is 28.7 Å². The van der Waals surface area contributed by atoms with E-state index in [0.717, 1.165) is 5.75 Å². The van der Waals surface area contributed by atoms with Crippen molar-refractivity contribution in [2.75, 3.05) is 23.8 Å². The van der Waals surface area contributed by atoms with Crippen LogP contribution in [0.3, 0.4) is 0 Å². The molecule has 6 heteroatoms. The number of benzene rings is 2. The number of hydrogen-bond donors (Lipinski definition) is 2. The van der Waals surface area contributed by atoms with Crippen LogP contribution in [-0.2, 0) is 0 Å². The van der Waals surface area contributed by atoms with Crippen LogP contribution in [0.5, 0.6) is 11.5 Å². The fourth-order valence-corrected chi connectivity index (χ4v) is 2.38. The summed E-state index contributed by atoms with van der Waals surface area (Å²) in [4.78, 5) is 0. The molecule has 0 atom stereocenters. The maximum Gasteiger partial charge on any atom is 0.175 e. The second-order valence-electron chi connectivity index (χ2n) is 5.07. The summed E-state index contributed by atoms with van der Waals surface area (Å²) in [6, 6.07) is 10.3. The molecule has 0 amide bonds. The monoisotopic (exact) mass is 348 g/mol. The summed E-state index contributed by atoms with van der Waals surface area (Å²) in [7, 11) is 0. The zero-order chi connectivity index (χ0) is 17.5. The topological polar surface area (TPSA) is 42.5 Å². The van der Waals surface area contributed by atoms with Gasteiger partial charge in [-0.25, -0.2) is 4.39 Å². The van der Waals surface area contributed by atoms with E-state index in [0.29, 0.717) is 41.0 Å². The Bertz CT molecular complexity index is 722. The molecule has 0 radical (unpaired) electrons. The SMILES string of the molecule is CCOc1ccc(OCC)c(NC(=S)Nc2ccc(F)c(C)c2)c1. The first-order valence-electron chi connectivity index (χ1n) is 7.77. The predicted octanol–water partition coefficient (Wildman–Crippen LogP) is 4.74. The first-order valence-corrected chi connectivity index (χ1v) is 8.18. The maximum atomic E-state index is 13.3. The number of thiocarbonyl (C=S) groups is 1. The van der Waals surface area contributed by atoms with Gasteiger partial charge in [0.15, 0.2) is 5.11 Å². The number of ether oxygens (including phenoxy) is 2. The molecule has 4 nitrogen and oxygen atoms in total. The van der Waals surface area contributed by atoms with Gasteiger partial charge in [0, 0.05) is 11.8 Å². The standard InChI is InChI=1S/C18H21FN2O2S/c1-4-22-14-7-9-17(23-5-2)16(11-14)21-18(24)20-13-6-8-15(19)12(3)10-13/h6-11H,4-5H2,1-3H3,(H2,20,21,24). The molecule has 128 valence electrons. The smallest absolute Gasteiger partial charge is 0.175 e. The highest BCUT2D eigenvalue weighted by Gasteiger charge is 2.08. The molecule has 0 heterocycles. The molecule has 0 aliphatic carbocycles. The zero-order valence-electron chi connectivity index (χ0n) is 14.0. The molecule has 0 fully saturated rings. The highest BCUT2D eigenvalue weighted by Crippen LogP contribution is 2.29. The number of anilines is 2. The summed E-state index contributed by atoms with van der Waals surface area (Å²) >= 11 is 5.33. The van der Waals surface area contributed by atoms with Crippen molar-refractivity contribution in [2.45, 2.75) is 20.8 Å². The number of rotatable bonds is 6. The molecule has 0 saturated heterocycles. The van der Waals surface area contributed by atoms with E-state index in [4.69, 9.17) is 21.7 Å². The van der Waals surface area contributed by atoms with E-state index in [1.807, 2.05) is 32.0 Å². The van der Waals surface area contributed by atoms with E-state index in [-0.39, 0.29) is 5.82 Å². The molecule has 0 aliphatic heterocycles. The second kappa shape index (κ2) is 8.49. The molecule has 0 aromatic heterocycles. The molecular weight excluding hydrogens is 327 g/mol. The summed E-state index contributed by atoms with van der Waals surface area (Å²) in [5.74, 6) is 1.16. The van der Waals surface area contributed by atoms with Gasteiger partial charge < -0.3 is 20.1 Å². The number of halogens is 1. The minimum Gasteiger partial charge on any atom is -0.494 e. The van der Waals surface area contributed by atoms with Crippen LogP contribution < -0.4 is 20.1 Å². The van der Waals surface area contributed by atoms with E-state index in [2.05, 4.69) is 10.6 Å². The molecule has 0 aliphatic rings. The van der Waals surface area contributed by atoms with Gasteiger partial charge in [-0.3, -0.25) is 0 Å². The molecule has 2 N–H and O–H groups in total. The van der Waals surface area contributed by atoms with Crippen LogP contribution in [0.25, 0.3) is 0 Å². The Morgan fingerprint density at radius 2 is 1.79 bits per heavy atom. The highest BCUT2D eigenvalue weighted by molar-refractivity contribution is 7.80. The first kappa shape index (κ1) is 18.0. The third-order valence-corrected chi connectivity index (χ3v) is 3.43. The minimum absolute atomic E-state index is 0.248. The minimum atomic E-state index is -0.248. The lowest BCUT2D eigenvalue weighted by Gasteiger charge is -2.16. The summed E-state index contributed by atoms with van der Waals surface area (Å²) in [6.07, 6.45) is 0. The van der Waals surface area contributed by atoms with Crippen molar-refractivity contribution in [3.63, 3.8) is 0 Å². The van der Waals surface area contributed by atoms with E-state index in [9.17, 15) is 4.39 Å². The van der Waals surface area contributed by atoms with E-state index in [1.54, 1.807) is 19.1 Å². The summed E-state index contributed by atoms with van der Waals surface area (Å²) < 4.78 is 24.4. The van der Waals surface area contributed by atoms with E-state index < -0.39 is 0 Å². The fourth-order valence-electron chi connectivity index (χ4n) is 2.15. The average Bonchev–Trinajstić information content (AvgIpc) is 2.54. The first-order chi connectivity index (χ1) is 11.5. The van der Waals surface area contributed by atoms with Crippen LogP contribution in [0.2, 0.25) is 0 Å². The summed E-state index contributed by atoms with van der Waals surface area (Å²) in [5.41, 5.74) is 1.97. The lowest BCUT2D eigenvalue weighted by atomic mass is 10.2. The predicted molar refractivity (Wildman–Crippen MR) is 99.8 cm³/mol. The van der Waals surface area contributed by atoms with Crippen LogP contribution in [0.4, 0.5) is 15.8 Å². The van der Waals surface area contributed by atoms with Crippen LogP contribution in [0, 0.1) is 12.7 Å². The third kappa shape index (κ3) is 4.83. The van der Waals surface area contributed by atoms with Crippen molar-refractivity contribution in [3.05, 3.63) is 47.8 Å². The molecule has 0 saturated carbocycles. The van der Waals surface area contributed by atoms with E-state index >= 15 is 0 Å². The van der Waals surface area contributed by atoms with Crippen molar-refractivity contribution in [3.8, 4) is 11.5 Å². The average molecular weight is 348 g/mol. The van der Waals surface area contributed by atoms with Gasteiger partial charge in [-0.15, -0.1) is 0 Å². The van der Waals surface area contributed by atoms with Crippen LogP contribution in [0.15, 0.2) is 36.4 Å². The molecule has 0 unspecified atom stereocenters. The van der Waals surface area contributed by atoms with Crippen LogP contribution in [0.1, 0.15) is 19.4 Å². The Balaban J connectivity index is 2.13. The fraction of sp³-hybridized carbons (Fsp3) is 0.278. The van der Waals surface area contributed by atoms with Crippen molar-refractivity contribution in [1.29, 1.82) is 0 Å². The van der Waals surface area contributed by atoms with Crippen LogP contribution in [-0.4, -0.2) is 18.3 Å². The Kier molecular flexibility index (Phi) is 6.37. The normalized spacial score (nSPS) is 10.2. The summed E-state index contributed by atoms with van der Waals surface area (Å²) in [5, 5.41) is 6.52. The molecule has 2 rings (SSSR count). The van der Waals surface area contributed by atoms with Gasteiger partial charge in [-0.1, -0.05) is 0 Å². The number of hydrogen-bond acceptors (Lipinski definition) is 3. The molecule has 2 aromatic carbocycles. The van der Waals surface area contributed by atoms with E-state index in [1.165, 1.54) is 6.07 Å². The lowest BCUT2D eigenvalue weighted by Crippen LogP contribution is -2.19. The van der Waals surface area contributed by atoms with Gasteiger partial charge in [-0.05, 0) is 68.9 Å². The second-order valence-corrected chi connectivity index (χ2v) is 5.48. The van der Waals surface area contributed by atoms with Gasteiger partial charge in [0.25, 0.3) is 0 Å². The Morgan fingerprint density at radius 3 is 2.46 bits per heavy atom. The van der Waals surface area contributed by atoms with Crippen molar-refractivity contribution < 1.29 is 13.9 Å². The van der Waals surface area contributed by atoms with Gasteiger partial charge >= 0.3 is 0 Å². The number of nitrogens with one attached hydrogen (secondary N) is 2. The maximum absolute atomic E-state index is 13.3. The quantitative estimate of drug-likeness (QED) is 0.738. The highest BCUT2D eigenvalue weighted by atomic mass is 32.1. The molecular formula is C18H21FN2O2S. The van der Waals surface area contributed by atoms with Crippen molar-refractivity contribution in [1.82, 2.24) is 0 Å². The van der Waals surface area contributed by atoms with Crippen LogP contribution >= 0.6 is 12.2 Å². The largest absolute Gasteiger partial charge is 0.494 e. The molecule has 2 aromatic rings. The Labute approximate surface area is 147 Å². The zero-order valence-corrected chi connectivity index (χ0v) is 14.8. The van der Waals surface area contributed by atoms with Gasteiger partial charge in [0.2, 0.25) is 0 Å². The van der Waals surface area contributed by atoms with Gasteiger partial charge in [0.1, 0.15) is 17.3 Å². The Hall–Kier alpha value is -2.34. The molecule has 24 heavy (non-hydrogen) atoms. The molecule has 0 bridgehead atoms. The Morgan fingerprint density at radius 1 is 1.04 bits per heavy atom. The third-order valence-electron chi connectivity index (χ3n) is 3.23. The summed E-state index contributed by atoms with van der Waals surface area (Å²) in [6.45, 7) is 6.66. The van der Waals surface area contributed by atoms with Gasteiger partial charge in [-0.2, -0.15) is 0 Å². The molecule has 0 spiro atoms. The van der Waals surface area contributed by atoms with Crippen molar-refractivity contribution in [2.24, 2.45) is 0 Å². The lowest BCUT2D eigenvalue weighted by molar-refractivity contribution is 0.332. The number of aryl methyl sites for hydroxylation is 1. The van der Waals surface area contributed by atoms with Gasteiger partial charge in [0.05, 0.1) is 18.9 Å².